The van der Waals surface area contributed by atoms with E-state index in [0.29, 0.717) is 13.0 Å². The van der Waals surface area contributed by atoms with E-state index in [2.05, 4.69) is 46.5 Å². The Morgan fingerprint density at radius 2 is 1.97 bits per heavy atom. The van der Waals surface area contributed by atoms with E-state index in [1.54, 1.807) is 0 Å². The maximum atomic E-state index is 8.67. The van der Waals surface area contributed by atoms with Crippen molar-refractivity contribution in [3.05, 3.63) is 36.0 Å². The molecule has 1 saturated heterocycles. The molecule has 9 heteroatoms. The fraction of sp³-hybridized carbons (Fsp3) is 0.455. The standard InChI is InChI=1S/C21H25N5OS.CH3NO/c1-28-21(7-8-21)18-15-19(26-11-13-27-14-12-26)25-20(24-18)16-3-5-17(6-4-16)23-10-2-9-22;2-1-3/h3-6,15,23H,2,7-8,10-14H2,1H3;1H,(H2,2,3). The van der Waals surface area contributed by atoms with E-state index >= 15 is 0 Å². The summed E-state index contributed by atoms with van der Waals surface area (Å²) in [6.45, 7) is 3.86. The molecule has 3 N–H and O–H groups in total. The minimum Gasteiger partial charge on any atom is -0.384 e. The highest BCUT2D eigenvalue weighted by atomic mass is 32.2. The number of thioether (sulfide) groups is 1. The minimum atomic E-state index is 0.150. The van der Waals surface area contributed by atoms with Crippen molar-refractivity contribution in [1.29, 1.82) is 5.26 Å². The van der Waals surface area contributed by atoms with Crippen LogP contribution in [0.15, 0.2) is 30.3 Å². The van der Waals surface area contributed by atoms with Crippen LogP contribution in [-0.4, -0.2) is 55.5 Å². The molecular formula is C22H28N6O2S. The second-order valence-corrected chi connectivity index (χ2v) is 8.47. The van der Waals surface area contributed by atoms with Gasteiger partial charge in [-0.2, -0.15) is 17.0 Å². The van der Waals surface area contributed by atoms with Crippen molar-refractivity contribution in [2.75, 3.05) is 49.3 Å². The molecule has 1 saturated carbocycles. The van der Waals surface area contributed by atoms with Crippen LogP contribution in [0.5, 0.6) is 0 Å². The zero-order valence-corrected chi connectivity index (χ0v) is 18.5. The summed E-state index contributed by atoms with van der Waals surface area (Å²) in [5.74, 6) is 1.78. The van der Waals surface area contributed by atoms with Gasteiger partial charge in [0.1, 0.15) is 5.82 Å². The number of hydrogen-bond donors (Lipinski definition) is 2. The van der Waals surface area contributed by atoms with Gasteiger partial charge in [-0.3, -0.25) is 4.79 Å². The normalized spacial score (nSPS) is 16.5. The minimum absolute atomic E-state index is 0.150. The molecule has 164 valence electrons. The van der Waals surface area contributed by atoms with Crippen molar-refractivity contribution in [2.24, 2.45) is 5.73 Å². The van der Waals surface area contributed by atoms with Crippen molar-refractivity contribution in [3.8, 4) is 17.5 Å². The van der Waals surface area contributed by atoms with Crippen LogP contribution in [0.3, 0.4) is 0 Å². The molecule has 2 aliphatic rings. The number of nitrogens with one attached hydrogen (secondary N) is 1. The fourth-order valence-electron chi connectivity index (χ4n) is 3.43. The number of aromatic nitrogens is 2. The Balaban J connectivity index is 0.000000858. The van der Waals surface area contributed by atoms with Crippen molar-refractivity contribution in [1.82, 2.24) is 9.97 Å². The van der Waals surface area contributed by atoms with Gasteiger partial charge >= 0.3 is 0 Å². The Morgan fingerprint density at radius 1 is 1.29 bits per heavy atom. The number of nitrogens with two attached hydrogens (primary N) is 1. The van der Waals surface area contributed by atoms with Crippen LogP contribution < -0.4 is 16.0 Å². The topological polar surface area (TPSA) is 117 Å². The first kappa shape index (κ1) is 22.8. The van der Waals surface area contributed by atoms with Gasteiger partial charge in [-0.15, -0.1) is 0 Å². The van der Waals surface area contributed by atoms with Gasteiger partial charge < -0.3 is 20.7 Å². The molecule has 1 aromatic heterocycles. The third kappa shape index (κ3) is 5.87. The van der Waals surface area contributed by atoms with Crippen LogP contribution in [0.2, 0.25) is 0 Å². The molecule has 1 aromatic carbocycles. The predicted molar refractivity (Wildman–Crippen MR) is 124 cm³/mol. The average Bonchev–Trinajstić information content (AvgIpc) is 3.62. The zero-order chi connectivity index (χ0) is 22.1. The number of nitriles is 1. The Morgan fingerprint density at radius 3 is 2.55 bits per heavy atom. The summed E-state index contributed by atoms with van der Waals surface area (Å²) in [5, 5.41) is 11.9. The Labute approximate surface area is 187 Å². The van der Waals surface area contributed by atoms with E-state index in [4.69, 9.17) is 24.8 Å². The number of morpholine rings is 1. The molecule has 1 amide bonds. The van der Waals surface area contributed by atoms with Gasteiger partial charge in [0.05, 0.1) is 36.1 Å². The molecule has 0 radical (unpaired) electrons. The SMILES string of the molecule is CSC1(c2cc(N3CCOCC3)nc(-c3ccc(NCCC#N)cc3)n2)CC1.NC=O. The first-order valence-electron chi connectivity index (χ1n) is 10.3. The lowest BCUT2D eigenvalue weighted by Crippen LogP contribution is -2.37. The van der Waals surface area contributed by atoms with Gasteiger partial charge in [0.25, 0.3) is 0 Å². The lowest BCUT2D eigenvalue weighted by Gasteiger charge is -2.29. The van der Waals surface area contributed by atoms with Crippen LogP contribution in [0, 0.1) is 11.3 Å². The molecule has 31 heavy (non-hydrogen) atoms. The lowest BCUT2D eigenvalue weighted by atomic mass is 10.1. The quantitative estimate of drug-likeness (QED) is 0.499. The number of nitrogens with zero attached hydrogens (tertiary/aromatic N) is 4. The average molecular weight is 441 g/mol. The number of carbonyl (C=O) groups excluding carboxylic acids is 1. The summed E-state index contributed by atoms with van der Waals surface area (Å²) in [6, 6.07) is 12.5. The third-order valence-electron chi connectivity index (χ3n) is 5.32. The van der Waals surface area contributed by atoms with Gasteiger partial charge in [-0.1, -0.05) is 0 Å². The van der Waals surface area contributed by atoms with E-state index in [1.807, 2.05) is 23.9 Å². The number of hydrogen-bond acceptors (Lipinski definition) is 8. The van der Waals surface area contributed by atoms with Crippen LogP contribution in [0.25, 0.3) is 11.4 Å². The van der Waals surface area contributed by atoms with E-state index in [-0.39, 0.29) is 11.2 Å². The second kappa shape index (κ2) is 11.0. The van der Waals surface area contributed by atoms with Crippen LogP contribution in [0.1, 0.15) is 25.0 Å². The summed E-state index contributed by atoms with van der Waals surface area (Å²) in [6.07, 6.45) is 5.27. The highest BCUT2D eigenvalue weighted by Gasteiger charge is 2.45. The van der Waals surface area contributed by atoms with E-state index in [9.17, 15) is 0 Å². The maximum Gasteiger partial charge on any atom is 0.204 e. The molecule has 4 rings (SSSR count). The number of primary amides is 1. The van der Waals surface area contributed by atoms with Gasteiger partial charge in [-0.05, 0) is 43.4 Å². The summed E-state index contributed by atoms with van der Waals surface area (Å²) < 4.78 is 5.65. The van der Waals surface area contributed by atoms with E-state index < -0.39 is 0 Å². The van der Waals surface area contributed by atoms with Crippen molar-refractivity contribution in [2.45, 2.75) is 24.0 Å². The number of ether oxygens (including phenoxy) is 1. The number of benzene rings is 1. The highest BCUT2D eigenvalue weighted by molar-refractivity contribution is 7.99. The third-order valence-corrected chi connectivity index (χ3v) is 6.72. The van der Waals surface area contributed by atoms with Crippen LogP contribution in [-0.2, 0) is 14.3 Å². The lowest BCUT2D eigenvalue weighted by molar-refractivity contribution is -0.106. The van der Waals surface area contributed by atoms with Crippen molar-refractivity contribution < 1.29 is 9.53 Å². The molecule has 1 aliphatic carbocycles. The highest BCUT2D eigenvalue weighted by Crippen LogP contribution is 2.55. The molecule has 8 nitrogen and oxygen atoms in total. The Kier molecular flexibility index (Phi) is 8.09. The molecule has 2 heterocycles. The summed E-state index contributed by atoms with van der Waals surface area (Å²) in [4.78, 5) is 20.7. The molecule has 1 aliphatic heterocycles. The van der Waals surface area contributed by atoms with Crippen LogP contribution >= 0.6 is 11.8 Å². The summed E-state index contributed by atoms with van der Waals surface area (Å²) in [5.41, 5.74) is 7.33. The van der Waals surface area contributed by atoms with E-state index in [1.165, 1.54) is 12.8 Å². The van der Waals surface area contributed by atoms with Crippen molar-refractivity contribution >= 4 is 29.7 Å². The molecule has 0 unspecified atom stereocenters. The Bertz CT molecular complexity index is 905. The summed E-state index contributed by atoms with van der Waals surface area (Å²) in [7, 11) is 0. The maximum absolute atomic E-state index is 8.67. The van der Waals surface area contributed by atoms with Gasteiger partial charge in [0, 0.05) is 37.0 Å². The smallest absolute Gasteiger partial charge is 0.204 e. The van der Waals surface area contributed by atoms with Crippen molar-refractivity contribution in [3.63, 3.8) is 0 Å². The number of rotatable bonds is 7. The molecule has 0 atom stereocenters. The second-order valence-electron chi connectivity index (χ2n) is 7.28. The largest absolute Gasteiger partial charge is 0.384 e. The van der Waals surface area contributed by atoms with Gasteiger partial charge in [0.15, 0.2) is 5.82 Å². The summed E-state index contributed by atoms with van der Waals surface area (Å²) >= 11 is 1.89. The van der Waals surface area contributed by atoms with E-state index in [0.717, 1.165) is 54.9 Å². The molecule has 2 fully saturated rings. The molecule has 0 spiro atoms. The molecule has 0 bridgehead atoms. The number of amides is 1. The zero-order valence-electron chi connectivity index (χ0n) is 17.7. The first-order valence-corrected chi connectivity index (χ1v) is 11.5. The monoisotopic (exact) mass is 440 g/mol. The predicted octanol–water partition coefficient (Wildman–Crippen LogP) is 2.76. The van der Waals surface area contributed by atoms with Gasteiger partial charge in [-0.25, -0.2) is 9.97 Å². The molecular weight excluding hydrogens is 412 g/mol. The number of carbonyl (C=O) groups is 1. The first-order chi connectivity index (χ1) is 15.2. The Hall–Kier alpha value is -2.83. The number of anilines is 2. The van der Waals surface area contributed by atoms with Crippen LogP contribution in [0.4, 0.5) is 11.5 Å². The fourth-order valence-corrected chi connectivity index (χ4v) is 4.25. The molecule has 2 aromatic rings. The van der Waals surface area contributed by atoms with Gasteiger partial charge in [0.2, 0.25) is 6.41 Å².